The van der Waals surface area contributed by atoms with Crippen LogP contribution in [0.15, 0.2) is 48.5 Å². The summed E-state index contributed by atoms with van der Waals surface area (Å²) in [5.74, 6) is -0.274. The third-order valence-electron chi connectivity index (χ3n) is 5.18. The first-order valence-corrected chi connectivity index (χ1v) is 10.2. The molecule has 2 N–H and O–H groups in total. The minimum atomic E-state index is -0.484. The second kappa shape index (κ2) is 10.2. The Hall–Kier alpha value is -2.70. The van der Waals surface area contributed by atoms with Gasteiger partial charge in [0.15, 0.2) is 0 Å². The number of carbonyl (C=O) groups is 2. The molecular formula is C23H30N4O2. The van der Waals surface area contributed by atoms with Crippen LogP contribution in [0.5, 0.6) is 0 Å². The highest BCUT2D eigenvalue weighted by atomic mass is 16.2. The van der Waals surface area contributed by atoms with Gasteiger partial charge in [0.25, 0.3) is 0 Å². The maximum atomic E-state index is 12.3. The predicted octanol–water partition coefficient (Wildman–Crippen LogP) is 3.16. The predicted molar refractivity (Wildman–Crippen MR) is 116 cm³/mol. The lowest BCUT2D eigenvalue weighted by molar-refractivity contribution is -0.121. The molecule has 0 atom stereocenters. The SMILES string of the molecule is Cc1ccc(NC(=O)NC(=O)CN2CCCN(Cc3ccccc3)CC2)c(C)c1. The molecule has 2 aromatic carbocycles. The molecule has 1 heterocycles. The monoisotopic (exact) mass is 394 g/mol. The Bertz CT molecular complexity index is 838. The van der Waals surface area contributed by atoms with E-state index >= 15 is 0 Å². The van der Waals surface area contributed by atoms with Crippen LogP contribution < -0.4 is 10.6 Å². The van der Waals surface area contributed by atoms with Gasteiger partial charge >= 0.3 is 6.03 Å². The van der Waals surface area contributed by atoms with Gasteiger partial charge in [-0.25, -0.2) is 4.79 Å². The first-order valence-electron chi connectivity index (χ1n) is 10.2. The van der Waals surface area contributed by atoms with Gasteiger partial charge in [0, 0.05) is 25.3 Å². The average molecular weight is 395 g/mol. The van der Waals surface area contributed by atoms with Crippen LogP contribution in [-0.2, 0) is 11.3 Å². The van der Waals surface area contributed by atoms with E-state index < -0.39 is 6.03 Å². The van der Waals surface area contributed by atoms with Crippen LogP contribution >= 0.6 is 0 Å². The number of hydrogen-bond donors (Lipinski definition) is 2. The molecule has 6 heteroatoms. The van der Waals surface area contributed by atoms with Crippen LogP contribution in [0.1, 0.15) is 23.1 Å². The van der Waals surface area contributed by atoms with Crippen molar-refractivity contribution in [1.82, 2.24) is 15.1 Å². The Morgan fingerprint density at radius 3 is 2.41 bits per heavy atom. The number of benzene rings is 2. The van der Waals surface area contributed by atoms with Gasteiger partial charge < -0.3 is 5.32 Å². The molecule has 0 bridgehead atoms. The fraction of sp³-hybridized carbons (Fsp3) is 0.391. The van der Waals surface area contributed by atoms with Crippen molar-refractivity contribution in [2.24, 2.45) is 0 Å². The molecule has 1 fully saturated rings. The first-order chi connectivity index (χ1) is 14.0. The van der Waals surface area contributed by atoms with Crippen LogP contribution in [0, 0.1) is 13.8 Å². The van der Waals surface area contributed by atoms with Gasteiger partial charge in [-0.3, -0.25) is 19.9 Å². The molecule has 0 aliphatic carbocycles. The third kappa shape index (κ3) is 6.69. The number of hydrogen-bond acceptors (Lipinski definition) is 4. The Balaban J connectivity index is 1.43. The lowest BCUT2D eigenvalue weighted by Crippen LogP contribution is -2.43. The molecule has 29 heavy (non-hydrogen) atoms. The van der Waals surface area contributed by atoms with E-state index in [1.165, 1.54) is 5.56 Å². The van der Waals surface area contributed by atoms with E-state index in [1.54, 1.807) is 0 Å². The Morgan fingerprint density at radius 1 is 0.931 bits per heavy atom. The van der Waals surface area contributed by atoms with E-state index in [9.17, 15) is 9.59 Å². The number of imide groups is 1. The van der Waals surface area contributed by atoms with E-state index in [0.29, 0.717) is 5.69 Å². The van der Waals surface area contributed by atoms with Gasteiger partial charge in [-0.05, 0) is 50.6 Å². The van der Waals surface area contributed by atoms with Crippen LogP contribution in [0.2, 0.25) is 0 Å². The second-order valence-electron chi connectivity index (χ2n) is 7.71. The molecule has 1 aliphatic heterocycles. The lowest BCUT2D eigenvalue weighted by Gasteiger charge is -2.21. The van der Waals surface area contributed by atoms with Gasteiger partial charge in [-0.15, -0.1) is 0 Å². The van der Waals surface area contributed by atoms with Gasteiger partial charge in [-0.2, -0.15) is 0 Å². The van der Waals surface area contributed by atoms with Gasteiger partial charge in [-0.1, -0.05) is 48.0 Å². The van der Waals surface area contributed by atoms with Crippen molar-refractivity contribution in [2.75, 3.05) is 38.0 Å². The Kier molecular flexibility index (Phi) is 7.38. The number of amides is 3. The van der Waals surface area contributed by atoms with E-state index in [-0.39, 0.29) is 12.5 Å². The topological polar surface area (TPSA) is 64.7 Å². The highest BCUT2D eigenvalue weighted by molar-refractivity contribution is 6.02. The van der Waals surface area contributed by atoms with Gasteiger partial charge in [0.2, 0.25) is 5.91 Å². The highest BCUT2D eigenvalue weighted by Crippen LogP contribution is 2.15. The van der Waals surface area contributed by atoms with Crippen LogP contribution in [-0.4, -0.2) is 54.5 Å². The summed E-state index contributed by atoms with van der Waals surface area (Å²) in [7, 11) is 0. The zero-order valence-electron chi connectivity index (χ0n) is 17.3. The summed E-state index contributed by atoms with van der Waals surface area (Å²) in [6, 6.07) is 15.7. The Morgan fingerprint density at radius 2 is 1.66 bits per heavy atom. The zero-order valence-corrected chi connectivity index (χ0v) is 17.3. The Labute approximate surface area is 172 Å². The molecule has 2 aromatic rings. The minimum absolute atomic E-state index is 0.236. The molecule has 0 spiro atoms. The number of carbonyl (C=O) groups excluding carboxylic acids is 2. The summed E-state index contributed by atoms with van der Waals surface area (Å²) in [5, 5.41) is 5.20. The molecule has 0 aromatic heterocycles. The standard InChI is InChI=1S/C23H30N4O2/c1-18-9-10-21(19(2)15-18)24-23(29)25-22(28)17-27-12-6-11-26(13-14-27)16-20-7-4-3-5-8-20/h3-5,7-10,15H,6,11-14,16-17H2,1-2H3,(H2,24,25,28,29). The third-order valence-corrected chi connectivity index (χ3v) is 5.18. The maximum absolute atomic E-state index is 12.3. The fourth-order valence-electron chi connectivity index (χ4n) is 3.66. The highest BCUT2D eigenvalue weighted by Gasteiger charge is 2.18. The van der Waals surface area contributed by atoms with Gasteiger partial charge in [0.05, 0.1) is 6.54 Å². The van der Waals surface area contributed by atoms with Crippen LogP contribution in [0.3, 0.4) is 0 Å². The number of nitrogens with one attached hydrogen (secondary N) is 2. The van der Waals surface area contributed by atoms with Crippen LogP contribution in [0.25, 0.3) is 0 Å². The molecule has 3 amide bonds. The molecular weight excluding hydrogens is 364 g/mol. The molecule has 3 rings (SSSR count). The molecule has 1 saturated heterocycles. The summed E-state index contributed by atoms with van der Waals surface area (Å²) in [5.41, 5.74) is 4.12. The van der Waals surface area contributed by atoms with Crippen LogP contribution in [0.4, 0.5) is 10.5 Å². The van der Waals surface area contributed by atoms with Crippen molar-refractivity contribution in [1.29, 1.82) is 0 Å². The summed E-state index contributed by atoms with van der Waals surface area (Å²) in [6.07, 6.45) is 1.01. The van der Waals surface area contributed by atoms with Gasteiger partial charge in [0.1, 0.15) is 0 Å². The largest absolute Gasteiger partial charge is 0.325 e. The number of aryl methyl sites for hydroxylation is 2. The number of urea groups is 1. The number of rotatable bonds is 5. The van der Waals surface area contributed by atoms with E-state index in [1.807, 2.05) is 38.1 Å². The fourth-order valence-corrected chi connectivity index (χ4v) is 3.66. The summed E-state index contributed by atoms with van der Waals surface area (Å²) in [6.45, 7) is 8.71. The minimum Gasteiger partial charge on any atom is -0.307 e. The molecule has 6 nitrogen and oxygen atoms in total. The molecule has 0 saturated carbocycles. The summed E-state index contributed by atoms with van der Waals surface area (Å²) < 4.78 is 0. The molecule has 1 aliphatic rings. The molecule has 154 valence electrons. The maximum Gasteiger partial charge on any atom is 0.325 e. The van der Waals surface area contributed by atoms with E-state index in [0.717, 1.165) is 50.3 Å². The number of anilines is 1. The van der Waals surface area contributed by atoms with Crippen molar-refractivity contribution in [3.63, 3.8) is 0 Å². The average Bonchev–Trinajstić information content (AvgIpc) is 2.90. The normalized spacial score (nSPS) is 15.5. The van der Waals surface area contributed by atoms with E-state index in [4.69, 9.17) is 0 Å². The first kappa shape index (κ1) is 21.0. The summed E-state index contributed by atoms with van der Waals surface area (Å²) >= 11 is 0. The lowest BCUT2D eigenvalue weighted by atomic mass is 10.1. The quantitative estimate of drug-likeness (QED) is 0.818. The summed E-state index contributed by atoms with van der Waals surface area (Å²) in [4.78, 5) is 29.0. The van der Waals surface area contributed by atoms with Crippen molar-refractivity contribution >= 4 is 17.6 Å². The van der Waals surface area contributed by atoms with Crippen molar-refractivity contribution in [3.8, 4) is 0 Å². The molecule has 0 unspecified atom stereocenters. The van der Waals surface area contributed by atoms with Crippen molar-refractivity contribution in [2.45, 2.75) is 26.8 Å². The molecule has 0 radical (unpaired) electrons. The smallest absolute Gasteiger partial charge is 0.307 e. The number of nitrogens with zero attached hydrogens (tertiary/aromatic N) is 2. The second-order valence-corrected chi connectivity index (χ2v) is 7.71. The zero-order chi connectivity index (χ0) is 20.6. The van der Waals surface area contributed by atoms with Crippen molar-refractivity contribution < 1.29 is 9.59 Å². The van der Waals surface area contributed by atoms with Crippen molar-refractivity contribution in [3.05, 3.63) is 65.2 Å². The van der Waals surface area contributed by atoms with E-state index in [2.05, 4.69) is 44.7 Å².